The van der Waals surface area contributed by atoms with Crippen molar-refractivity contribution in [2.45, 2.75) is 82.6 Å². The SMILES string of the molecule is O=C(O)CCCCC(=O)NCc1cccc(-c2ccc([C@@H]3O[C@H](CN4CCC(n5c(=O)[nH]c6ccccc65)CC4)C[C@H](c4ccc(CO)cc4)O3)cc2)c1. The van der Waals surface area contributed by atoms with Crippen molar-refractivity contribution in [1.82, 2.24) is 19.8 Å². The Morgan fingerprint density at radius 2 is 1.56 bits per heavy atom. The number of hydrogen-bond acceptors (Lipinski definition) is 7. The van der Waals surface area contributed by atoms with Crippen molar-refractivity contribution >= 4 is 22.9 Å². The van der Waals surface area contributed by atoms with Crippen LogP contribution in [0.3, 0.4) is 0 Å². The van der Waals surface area contributed by atoms with Gasteiger partial charge in [-0.3, -0.25) is 14.2 Å². The molecular weight excluding hydrogens is 684 g/mol. The molecule has 11 nitrogen and oxygen atoms in total. The predicted molar refractivity (Wildman–Crippen MR) is 206 cm³/mol. The lowest BCUT2D eigenvalue weighted by molar-refractivity contribution is -0.253. The summed E-state index contributed by atoms with van der Waals surface area (Å²) in [6.07, 6.45) is 3.03. The highest BCUT2D eigenvalue weighted by Crippen LogP contribution is 2.39. The van der Waals surface area contributed by atoms with Crippen LogP contribution in [0.4, 0.5) is 0 Å². The average molecular weight is 733 g/mol. The molecule has 4 N–H and O–H groups in total. The summed E-state index contributed by atoms with van der Waals surface area (Å²) < 4.78 is 15.2. The van der Waals surface area contributed by atoms with Gasteiger partial charge in [0.05, 0.1) is 29.8 Å². The number of likely N-dealkylation sites (tertiary alicyclic amines) is 1. The second kappa shape index (κ2) is 17.4. The van der Waals surface area contributed by atoms with Gasteiger partial charge < -0.3 is 34.9 Å². The number of aliphatic carboxylic acids is 1. The molecule has 2 saturated heterocycles. The third-order valence-corrected chi connectivity index (χ3v) is 10.6. The number of imidazole rings is 1. The standard InChI is InChI=1S/C43H48N4O7/c48-28-29-12-14-32(15-13-29)39-25-36(27-46-22-20-35(21-23-46)47-38-9-2-1-8-37(38)45-43(47)52)53-42(54-39)33-18-16-31(17-19-33)34-7-5-6-30(24-34)26-44-40(49)10-3-4-11-41(50)51/h1-2,5-9,12-19,24,35-36,39,42,48H,3-4,10-11,20-23,25-28H2,(H,44,49)(H,45,52)(H,50,51)/t36-,39+,42+/m0/s1. The molecular formula is C43H48N4O7. The van der Waals surface area contributed by atoms with Gasteiger partial charge in [-0.1, -0.05) is 78.9 Å². The van der Waals surface area contributed by atoms with E-state index in [0.29, 0.717) is 32.2 Å². The first-order valence-corrected chi connectivity index (χ1v) is 18.9. The molecule has 2 fully saturated rings. The molecule has 0 bridgehead atoms. The average Bonchev–Trinajstić information content (AvgIpc) is 3.54. The van der Waals surface area contributed by atoms with E-state index in [1.165, 1.54) is 0 Å². The number of hydrogen-bond donors (Lipinski definition) is 4. The number of carboxylic acids is 1. The fraction of sp³-hybridized carbons (Fsp3) is 0.372. The van der Waals surface area contributed by atoms with Crippen LogP contribution in [0.2, 0.25) is 0 Å². The molecule has 7 rings (SSSR count). The van der Waals surface area contributed by atoms with E-state index in [1.54, 1.807) is 0 Å². The molecule has 2 aliphatic rings. The molecule has 3 heterocycles. The van der Waals surface area contributed by atoms with Crippen LogP contribution in [0.5, 0.6) is 0 Å². The number of nitrogens with zero attached hydrogens (tertiary/aromatic N) is 2. The van der Waals surface area contributed by atoms with E-state index in [-0.39, 0.29) is 42.9 Å². The van der Waals surface area contributed by atoms with E-state index in [4.69, 9.17) is 14.6 Å². The fourth-order valence-electron chi connectivity index (χ4n) is 7.66. The third kappa shape index (κ3) is 9.17. The maximum absolute atomic E-state index is 12.9. The highest BCUT2D eigenvalue weighted by Gasteiger charge is 2.34. The number of rotatable bonds is 14. The molecule has 1 amide bonds. The highest BCUT2D eigenvalue weighted by molar-refractivity contribution is 5.76. The van der Waals surface area contributed by atoms with Crippen molar-refractivity contribution in [2.75, 3.05) is 19.6 Å². The molecule has 0 aliphatic carbocycles. The van der Waals surface area contributed by atoms with Gasteiger partial charge in [0.25, 0.3) is 0 Å². The summed E-state index contributed by atoms with van der Waals surface area (Å²) in [5.41, 5.74) is 7.63. The molecule has 54 heavy (non-hydrogen) atoms. The van der Waals surface area contributed by atoms with Crippen LogP contribution in [0, 0.1) is 0 Å². The Labute approximate surface area is 314 Å². The first kappa shape index (κ1) is 37.3. The van der Waals surface area contributed by atoms with Crippen molar-refractivity contribution < 1.29 is 29.3 Å². The number of aliphatic hydroxyl groups excluding tert-OH is 1. The smallest absolute Gasteiger partial charge is 0.326 e. The number of aromatic nitrogens is 2. The van der Waals surface area contributed by atoms with E-state index in [2.05, 4.69) is 33.4 Å². The molecule has 3 atom stereocenters. The summed E-state index contributed by atoms with van der Waals surface area (Å²) in [5, 5.41) is 21.3. The van der Waals surface area contributed by atoms with Gasteiger partial charge in [-0.2, -0.15) is 0 Å². The van der Waals surface area contributed by atoms with Gasteiger partial charge in [-0.05, 0) is 71.7 Å². The minimum atomic E-state index is -0.844. The van der Waals surface area contributed by atoms with Gasteiger partial charge in [-0.15, -0.1) is 0 Å². The zero-order chi connectivity index (χ0) is 37.4. The Hall–Kier alpha value is -5.07. The Kier molecular flexibility index (Phi) is 12.0. The number of aliphatic hydroxyl groups is 1. The summed E-state index contributed by atoms with van der Waals surface area (Å²) in [5.74, 6) is -0.932. The molecule has 0 radical (unpaired) electrons. The lowest BCUT2D eigenvalue weighted by Gasteiger charge is -2.40. The molecule has 4 aromatic carbocycles. The summed E-state index contributed by atoms with van der Waals surface area (Å²) in [6.45, 7) is 2.87. The molecule has 0 saturated carbocycles. The number of carbonyl (C=O) groups is 2. The van der Waals surface area contributed by atoms with Crippen molar-refractivity contribution in [2.24, 2.45) is 0 Å². The maximum atomic E-state index is 12.9. The number of fused-ring (bicyclic) bond motifs is 1. The summed E-state index contributed by atoms with van der Waals surface area (Å²) in [6, 6.07) is 32.2. The predicted octanol–water partition coefficient (Wildman–Crippen LogP) is 6.63. The number of amides is 1. The number of nitrogens with one attached hydrogen (secondary N) is 2. The van der Waals surface area contributed by atoms with Crippen LogP contribution >= 0.6 is 0 Å². The molecule has 0 unspecified atom stereocenters. The molecule has 11 heteroatoms. The normalized spacial score (nSPS) is 19.5. The Balaban J connectivity index is 1.00. The van der Waals surface area contributed by atoms with E-state index < -0.39 is 12.3 Å². The number of piperidine rings is 1. The Morgan fingerprint density at radius 1 is 0.815 bits per heavy atom. The zero-order valence-electron chi connectivity index (χ0n) is 30.4. The van der Waals surface area contributed by atoms with Gasteiger partial charge in [0.15, 0.2) is 6.29 Å². The maximum Gasteiger partial charge on any atom is 0.326 e. The summed E-state index contributed by atoms with van der Waals surface area (Å²) in [7, 11) is 0. The number of aromatic amines is 1. The van der Waals surface area contributed by atoms with Gasteiger partial charge in [0.1, 0.15) is 0 Å². The lowest BCUT2D eigenvalue weighted by atomic mass is 9.98. The molecule has 0 spiro atoms. The third-order valence-electron chi connectivity index (χ3n) is 10.6. The van der Waals surface area contributed by atoms with Crippen LogP contribution in [0.25, 0.3) is 22.2 Å². The number of carboxylic acid groups (broad SMARTS) is 1. The second-order valence-corrected chi connectivity index (χ2v) is 14.4. The van der Waals surface area contributed by atoms with Crippen LogP contribution in [0.15, 0.2) is 102 Å². The lowest BCUT2D eigenvalue weighted by Crippen LogP contribution is -2.43. The first-order valence-electron chi connectivity index (χ1n) is 18.9. The molecule has 2 aliphatic heterocycles. The van der Waals surface area contributed by atoms with Crippen molar-refractivity contribution in [3.63, 3.8) is 0 Å². The Bertz CT molecular complexity index is 2080. The fourth-order valence-corrected chi connectivity index (χ4v) is 7.66. The van der Waals surface area contributed by atoms with Gasteiger partial charge >= 0.3 is 11.7 Å². The quantitative estimate of drug-likeness (QED) is 0.0931. The van der Waals surface area contributed by atoms with Crippen LogP contribution in [-0.2, 0) is 32.2 Å². The van der Waals surface area contributed by atoms with E-state index >= 15 is 0 Å². The summed E-state index contributed by atoms with van der Waals surface area (Å²) in [4.78, 5) is 41.3. The zero-order valence-corrected chi connectivity index (χ0v) is 30.4. The molecule has 282 valence electrons. The van der Waals surface area contributed by atoms with E-state index in [9.17, 15) is 19.5 Å². The first-order chi connectivity index (χ1) is 26.3. The number of carbonyl (C=O) groups excluding carboxylic acids is 1. The van der Waals surface area contributed by atoms with Gasteiger partial charge in [0.2, 0.25) is 5.91 Å². The van der Waals surface area contributed by atoms with Crippen LogP contribution < -0.4 is 11.0 Å². The van der Waals surface area contributed by atoms with E-state index in [1.807, 2.05) is 83.4 Å². The van der Waals surface area contributed by atoms with Crippen molar-refractivity contribution in [3.8, 4) is 11.1 Å². The number of H-pyrrole nitrogens is 1. The number of unbranched alkanes of at least 4 members (excludes halogenated alkanes) is 1. The minimum Gasteiger partial charge on any atom is -0.481 e. The monoisotopic (exact) mass is 732 g/mol. The van der Waals surface area contributed by atoms with Crippen molar-refractivity contribution in [3.05, 3.63) is 130 Å². The summed E-state index contributed by atoms with van der Waals surface area (Å²) >= 11 is 0. The van der Waals surface area contributed by atoms with Crippen LogP contribution in [-0.4, -0.2) is 62.3 Å². The minimum absolute atomic E-state index is 0.0130. The second-order valence-electron chi connectivity index (χ2n) is 14.4. The molecule has 5 aromatic rings. The van der Waals surface area contributed by atoms with E-state index in [0.717, 1.165) is 76.9 Å². The topological polar surface area (TPSA) is 146 Å². The number of ether oxygens (including phenoxy) is 2. The molecule has 1 aromatic heterocycles. The van der Waals surface area contributed by atoms with Crippen LogP contribution in [0.1, 0.15) is 85.6 Å². The highest BCUT2D eigenvalue weighted by atomic mass is 16.7. The largest absolute Gasteiger partial charge is 0.481 e. The van der Waals surface area contributed by atoms with Gasteiger partial charge in [0, 0.05) is 57.0 Å². The number of benzene rings is 4. The number of para-hydroxylation sites is 2. The van der Waals surface area contributed by atoms with Crippen molar-refractivity contribution in [1.29, 1.82) is 0 Å². The Morgan fingerprint density at radius 3 is 2.31 bits per heavy atom. The van der Waals surface area contributed by atoms with Gasteiger partial charge in [-0.25, -0.2) is 4.79 Å².